The largest absolute Gasteiger partial charge is 0.433 e. The number of rotatable bonds is 8. The van der Waals surface area contributed by atoms with E-state index < -0.39 is 5.69 Å². The first-order chi connectivity index (χ1) is 9.00. The van der Waals surface area contributed by atoms with Crippen LogP contribution in [-0.4, -0.2) is 22.3 Å². The SMILES string of the molecule is CCCSP(=S)(OCC)Oc1cnc(C(C)C)nc1. The van der Waals surface area contributed by atoms with E-state index in [-0.39, 0.29) is 0 Å². The second-order valence-corrected chi connectivity index (χ2v) is 10.6. The second kappa shape index (κ2) is 8.20. The fourth-order valence-electron chi connectivity index (χ4n) is 1.25. The summed E-state index contributed by atoms with van der Waals surface area (Å²) in [6.45, 7) is 8.70. The lowest BCUT2D eigenvalue weighted by atomic mass is 10.2. The van der Waals surface area contributed by atoms with E-state index in [9.17, 15) is 0 Å². The maximum atomic E-state index is 5.82. The second-order valence-electron chi connectivity index (χ2n) is 4.22. The number of hydrogen-bond acceptors (Lipinski definition) is 6. The van der Waals surface area contributed by atoms with Crippen molar-refractivity contribution >= 4 is 28.9 Å². The highest BCUT2D eigenvalue weighted by Crippen LogP contribution is 2.60. The molecule has 1 unspecified atom stereocenters. The molecule has 0 amide bonds. The van der Waals surface area contributed by atoms with E-state index in [0.717, 1.165) is 18.0 Å². The monoisotopic (exact) mass is 320 g/mol. The predicted molar refractivity (Wildman–Crippen MR) is 85.4 cm³/mol. The van der Waals surface area contributed by atoms with E-state index in [1.807, 2.05) is 6.92 Å². The zero-order chi connectivity index (χ0) is 14.3. The topological polar surface area (TPSA) is 44.2 Å². The lowest BCUT2D eigenvalue weighted by molar-refractivity contribution is 0.344. The molecule has 19 heavy (non-hydrogen) atoms. The van der Waals surface area contributed by atoms with E-state index in [1.54, 1.807) is 23.8 Å². The third-order valence-electron chi connectivity index (χ3n) is 2.12. The van der Waals surface area contributed by atoms with Gasteiger partial charge in [0.15, 0.2) is 5.75 Å². The van der Waals surface area contributed by atoms with Crippen LogP contribution in [0.1, 0.15) is 45.9 Å². The van der Waals surface area contributed by atoms with Gasteiger partial charge in [-0.2, -0.15) is 0 Å². The fraction of sp³-hybridized carbons (Fsp3) is 0.667. The molecule has 0 aliphatic heterocycles. The Morgan fingerprint density at radius 1 is 1.32 bits per heavy atom. The van der Waals surface area contributed by atoms with Crippen LogP contribution in [0, 0.1) is 0 Å². The number of nitrogens with zero attached hydrogens (tertiary/aromatic N) is 2. The van der Waals surface area contributed by atoms with Gasteiger partial charge in [-0.1, -0.05) is 32.2 Å². The van der Waals surface area contributed by atoms with Crippen molar-refractivity contribution in [1.29, 1.82) is 0 Å². The molecule has 0 fully saturated rings. The van der Waals surface area contributed by atoms with Crippen LogP contribution in [0.2, 0.25) is 0 Å². The highest BCUT2D eigenvalue weighted by Gasteiger charge is 2.21. The maximum Gasteiger partial charge on any atom is 0.297 e. The van der Waals surface area contributed by atoms with E-state index in [4.69, 9.17) is 20.9 Å². The minimum absolute atomic E-state index is 0.304. The molecule has 0 radical (unpaired) electrons. The smallest absolute Gasteiger partial charge is 0.297 e. The van der Waals surface area contributed by atoms with Gasteiger partial charge in [0.1, 0.15) is 5.82 Å². The Balaban J connectivity index is 2.75. The predicted octanol–water partition coefficient (Wildman–Crippen LogP) is 4.38. The normalized spacial score (nSPS) is 14.4. The number of aromatic nitrogens is 2. The van der Waals surface area contributed by atoms with Crippen molar-refractivity contribution in [2.45, 2.75) is 40.0 Å². The Hall–Kier alpha value is -0.160. The molecule has 1 aromatic rings. The molecule has 1 rings (SSSR count). The van der Waals surface area contributed by atoms with Crippen molar-refractivity contribution in [1.82, 2.24) is 9.97 Å². The van der Waals surface area contributed by atoms with Crippen molar-refractivity contribution < 1.29 is 9.05 Å². The summed E-state index contributed by atoms with van der Waals surface area (Å²) in [6.07, 6.45) is 4.39. The Morgan fingerprint density at radius 3 is 2.42 bits per heavy atom. The summed E-state index contributed by atoms with van der Waals surface area (Å²) < 4.78 is 11.4. The van der Waals surface area contributed by atoms with Gasteiger partial charge < -0.3 is 9.05 Å². The fourth-order valence-corrected chi connectivity index (χ4v) is 5.93. The van der Waals surface area contributed by atoms with E-state index in [2.05, 4.69) is 30.7 Å². The van der Waals surface area contributed by atoms with Crippen molar-refractivity contribution in [3.05, 3.63) is 18.2 Å². The highest BCUT2D eigenvalue weighted by molar-refractivity contribution is 8.68. The molecule has 0 aliphatic carbocycles. The summed E-state index contributed by atoms with van der Waals surface area (Å²) in [5.74, 6) is 2.63. The average Bonchev–Trinajstić information content (AvgIpc) is 2.37. The van der Waals surface area contributed by atoms with Crippen molar-refractivity contribution in [2.75, 3.05) is 12.4 Å². The molecule has 0 bridgehead atoms. The molecular formula is C12H21N2O2PS2. The molecule has 0 aliphatic rings. The maximum absolute atomic E-state index is 5.82. The molecule has 0 N–H and O–H groups in total. The third kappa shape index (κ3) is 5.78. The van der Waals surface area contributed by atoms with E-state index in [0.29, 0.717) is 18.3 Å². The van der Waals surface area contributed by atoms with Gasteiger partial charge in [0, 0.05) is 11.7 Å². The van der Waals surface area contributed by atoms with Crippen LogP contribution < -0.4 is 4.52 Å². The van der Waals surface area contributed by atoms with Gasteiger partial charge in [0.25, 0.3) is 5.69 Å². The summed E-state index contributed by atoms with van der Waals surface area (Å²) in [5.41, 5.74) is -2.33. The third-order valence-corrected chi connectivity index (χ3v) is 7.56. The molecule has 1 atom stereocenters. The Labute approximate surface area is 124 Å². The first kappa shape index (κ1) is 16.9. The quantitative estimate of drug-likeness (QED) is 0.662. The van der Waals surface area contributed by atoms with Crippen LogP contribution in [0.15, 0.2) is 12.4 Å². The summed E-state index contributed by atoms with van der Waals surface area (Å²) in [5, 5.41) is 0. The summed E-state index contributed by atoms with van der Waals surface area (Å²) >= 11 is 7.09. The van der Waals surface area contributed by atoms with Gasteiger partial charge in [0.05, 0.1) is 19.0 Å². The van der Waals surface area contributed by atoms with Crippen LogP contribution in [0.3, 0.4) is 0 Å². The highest BCUT2D eigenvalue weighted by atomic mass is 32.9. The van der Waals surface area contributed by atoms with Gasteiger partial charge in [-0.05, 0) is 25.2 Å². The van der Waals surface area contributed by atoms with Gasteiger partial charge >= 0.3 is 0 Å². The lowest BCUT2D eigenvalue weighted by Crippen LogP contribution is -2.00. The van der Waals surface area contributed by atoms with Gasteiger partial charge in [0.2, 0.25) is 0 Å². The van der Waals surface area contributed by atoms with Crippen molar-refractivity contribution in [3.8, 4) is 5.75 Å². The first-order valence-corrected chi connectivity index (χ1v) is 10.6. The average molecular weight is 320 g/mol. The summed E-state index contributed by atoms with van der Waals surface area (Å²) in [4.78, 5) is 8.55. The van der Waals surface area contributed by atoms with E-state index in [1.165, 1.54) is 0 Å². The van der Waals surface area contributed by atoms with Crippen LogP contribution in [0.4, 0.5) is 0 Å². The molecule has 0 saturated heterocycles. The zero-order valence-corrected chi connectivity index (χ0v) is 14.4. The van der Waals surface area contributed by atoms with Crippen molar-refractivity contribution in [2.24, 2.45) is 0 Å². The van der Waals surface area contributed by atoms with Crippen LogP contribution in [-0.2, 0) is 16.3 Å². The Bertz CT molecular complexity index is 426. The van der Waals surface area contributed by atoms with Gasteiger partial charge in [-0.25, -0.2) is 9.97 Å². The molecular weight excluding hydrogens is 299 g/mol. The van der Waals surface area contributed by atoms with E-state index >= 15 is 0 Å². The zero-order valence-electron chi connectivity index (χ0n) is 11.8. The van der Waals surface area contributed by atoms with Crippen LogP contribution in [0.25, 0.3) is 0 Å². The summed E-state index contributed by atoms with van der Waals surface area (Å²) in [6, 6.07) is 0. The molecule has 108 valence electrons. The standard InChI is InChI=1S/C12H21N2O2PS2/c1-5-7-19-17(18,15-6-2)16-11-8-13-12(10(3)4)14-9-11/h8-10H,5-7H2,1-4H3. The van der Waals surface area contributed by atoms with Crippen LogP contribution in [0.5, 0.6) is 5.75 Å². The molecule has 4 nitrogen and oxygen atoms in total. The molecule has 0 aromatic carbocycles. The van der Waals surface area contributed by atoms with Gasteiger partial charge in [-0.15, -0.1) is 0 Å². The summed E-state index contributed by atoms with van der Waals surface area (Å²) in [7, 11) is 0. The molecule has 7 heteroatoms. The minimum atomic E-state index is -2.33. The number of hydrogen-bond donors (Lipinski definition) is 0. The van der Waals surface area contributed by atoms with Gasteiger partial charge in [-0.3, -0.25) is 0 Å². The molecule has 1 aromatic heterocycles. The molecule has 0 saturated carbocycles. The minimum Gasteiger partial charge on any atom is -0.433 e. The Morgan fingerprint density at radius 2 is 1.95 bits per heavy atom. The van der Waals surface area contributed by atoms with Crippen LogP contribution >= 0.6 is 17.1 Å². The lowest BCUT2D eigenvalue weighted by Gasteiger charge is -2.21. The Kier molecular flexibility index (Phi) is 7.29. The van der Waals surface area contributed by atoms with Crippen molar-refractivity contribution in [3.63, 3.8) is 0 Å². The molecule has 0 spiro atoms. The molecule has 1 heterocycles. The first-order valence-electron chi connectivity index (χ1n) is 6.41.